The van der Waals surface area contributed by atoms with Gasteiger partial charge in [0.1, 0.15) is 6.33 Å². The molecule has 1 aliphatic heterocycles. The maximum atomic E-state index is 5.15. The molecule has 3 aromatic rings. The minimum Gasteiger partial charge on any atom is -0.339 e. The molecule has 0 unspecified atom stereocenters. The Morgan fingerprint density at radius 1 is 1.22 bits per heavy atom. The number of piperidine rings is 1. The molecular formula is C21H25N5O. The Hall–Kier alpha value is -2.60. The Balaban J connectivity index is 1.41. The summed E-state index contributed by atoms with van der Waals surface area (Å²) in [6, 6.07) is 10.7. The van der Waals surface area contributed by atoms with E-state index in [0.29, 0.717) is 17.6 Å². The lowest BCUT2D eigenvalue weighted by Gasteiger charge is -2.32. The van der Waals surface area contributed by atoms with Crippen LogP contribution >= 0.6 is 0 Å². The van der Waals surface area contributed by atoms with Gasteiger partial charge in [0.15, 0.2) is 0 Å². The van der Waals surface area contributed by atoms with E-state index in [1.807, 2.05) is 0 Å². The third-order valence-electron chi connectivity index (χ3n) is 5.19. The second-order valence-corrected chi connectivity index (χ2v) is 7.19. The lowest BCUT2D eigenvalue weighted by molar-refractivity contribution is 0.204. The second-order valence-electron chi connectivity index (χ2n) is 7.19. The van der Waals surface area contributed by atoms with E-state index in [0.717, 1.165) is 43.7 Å². The quantitative estimate of drug-likeness (QED) is 0.666. The van der Waals surface area contributed by atoms with E-state index >= 15 is 0 Å². The van der Waals surface area contributed by atoms with Crippen LogP contribution in [0.2, 0.25) is 0 Å². The van der Waals surface area contributed by atoms with Crippen LogP contribution in [0.4, 0.5) is 0 Å². The molecule has 1 fully saturated rings. The van der Waals surface area contributed by atoms with Gasteiger partial charge in [0.25, 0.3) is 0 Å². The summed E-state index contributed by atoms with van der Waals surface area (Å²) in [5.74, 6) is 1.53. The first-order valence-corrected chi connectivity index (χ1v) is 9.66. The van der Waals surface area contributed by atoms with Crippen molar-refractivity contribution < 1.29 is 4.52 Å². The summed E-state index contributed by atoms with van der Waals surface area (Å²) in [5.41, 5.74) is 3.35. The van der Waals surface area contributed by atoms with Gasteiger partial charge in [-0.15, -0.1) is 0 Å². The molecule has 27 heavy (non-hydrogen) atoms. The van der Waals surface area contributed by atoms with Gasteiger partial charge in [-0.25, -0.2) is 9.97 Å². The minimum atomic E-state index is 0.382. The number of likely N-dealkylation sites (tertiary alicyclic amines) is 1. The van der Waals surface area contributed by atoms with Crippen molar-refractivity contribution in [3.05, 3.63) is 60.0 Å². The molecule has 6 nitrogen and oxygen atoms in total. The first kappa shape index (κ1) is 17.8. The smallest absolute Gasteiger partial charge is 0.223 e. The van der Waals surface area contributed by atoms with Crippen molar-refractivity contribution in [2.24, 2.45) is 0 Å². The van der Waals surface area contributed by atoms with Crippen molar-refractivity contribution in [2.75, 3.05) is 19.6 Å². The summed E-state index contributed by atoms with van der Waals surface area (Å²) in [5, 5.41) is 4.06. The fraction of sp³-hybridized carbons (Fsp3) is 0.429. The van der Waals surface area contributed by atoms with Gasteiger partial charge < -0.3 is 9.42 Å². The van der Waals surface area contributed by atoms with Crippen LogP contribution in [0.5, 0.6) is 0 Å². The third-order valence-corrected chi connectivity index (χ3v) is 5.19. The predicted molar refractivity (Wildman–Crippen MR) is 103 cm³/mol. The molecule has 1 saturated heterocycles. The minimum absolute atomic E-state index is 0.382. The molecule has 0 amide bonds. The number of hydrogen-bond acceptors (Lipinski definition) is 6. The van der Waals surface area contributed by atoms with Crippen molar-refractivity contribution in [3.8, 4) is 11.4 Å². The molecular weight excluding hydrogens is 338 g/mol. The summed E-state index contributed by atoms with van der Waals surface area (Å²) >= 11 is 0. The summed E-state index contributed by atoms with van der Waals surface area (Å²) in [4.78, 5) is 15.7. The molecule has 0 saturated carbocycles. The first-order valence-electron chi connectivity index (χ1n) is 9.66. The predicted octanol–water partition coefficient (Wildman–Crippen LogP) is 3.65. The van der Waals surface area contributed by atoms with E-state index in [2.05, 4.69) is 55.3 Å². The number of benzene rings is 1. The Bertz CT molecular complexity index is 864. The van der Waals surface area contributed by atoms with Gasteiger partial charge >= 0.3 is 0 Å². The Labute approximate surface area is 159 Å². The number of aromatic nitrogens is 4. The summed E-state index contributed by atoms with van der Waals surface area (Å²) < 4.78 is 5.15. The van der Waals surface area contributed by atoms with Gasteiger partial charge in [-0.1, -0.05) is 35.5 Å². The zero-order valence-corrected chi connectivity index (χ0v) is 15.7. The van der Waals surface area contributed by atoms with Crippen molar-refractivity contribution in [1.29, 1.82) is 0 Å². The van der Waals surface area contributed by atoms with Crippen molar-refractivity contribution in [1.82, 2.24) is 25.0 Å². The van der Waals surface area contributed by atoms with Crippen LogP contribution in [0, 0.1) is 6.92 Å². The lowest BCUT2D eigenvalue weighted by atomic mass is 9.91. The molecule has 0 radical (unpaired) electrons. The van der Waals surface area contributed by atoms with Crippen LogP contribution in [-0.4, -0.2) is 44.6 Å². The fourth-order valence-electron chi connectivity index (χ4n) is 3.88. The average Bonchev–Trinajstić information content (AvgIpc) is 3.15. The Morgan fingerprint density at radius 3 is 2.93 bits per heavy atom. The van der Waals surface area contributed by atoms with Crippen molar-refractivity contribution in [2.45, 2.75) is 38.5 Å². The third kappa shape index (κ3) is 4.39. The van der Waals surface area contributed by atoms with Crippen LogP contribution in [0.15, 0.2) is 47.4 Å². The Kier molecular flexibility index (Phi) is 5.53. The van der Waals surface area contributed by atoms with Crippen LogP contribution in [0.25, 0.3) is 11.4 Å². The highest BCUT2D eigenvalue weighted by molar-refractivity contribution is 5.57. The van der Waals surface area contributed by atoms with Crippen molar-refractivity contribution in [3.63, 3.8) is 0 Å². The normalized spacial score (nSPS) is 17.9. The standard InChI is InChI=1S/C21H25N5O/c1-16-24-21(25-27-16)19-13-22-15-23-20(19)18-10-6-12-26(14-18)11-5-9-17-7-3-2-4-8-17/h2-4,7-8,13,15,18H,5-6,9-12,14H2,1H3/t18-/m0/s1. The summed E-state index contributed by atoms with van der Waals surface area (Å²) in [7, 11) is 0. The van der Waals surface area contributed by atoms with E-state index in [9.17, 15) is 0 Å². The van der Waals surface area contributed by atoms with Crippen molar-refractivity contribution >= 4 is 0 Å². The largest absolute Gasteiger partial charge is 0.339 e. The average molecular weight is 363 g/mol. The van der Waals surface area contributed by atoms with Crippen LogP contribution in [-0.2, 0) is 6.42 Å². The van der Waals surface area contributed by atoms with E-state index < -0.39 is 0 Å². The maximum Gasteiger partial charge on any atom is 0.223 e. The monoisotopic (exact) mass is 363 g/mol. The number of aryl methyl sites for hydroxylation is 2. The Morgan fingerprint density at radius 2 is 2.11 bits per heavy atom. The highest BCUT2D eigenvalue weighted by atomic mass is 16.5. The van der Waals surface area contributed by atoms with Gasteiger partial charge in [-0.05, 0) is 44.3 Å². The highest BCUT2D eigenvalue weighted by Gasteiger charge is 2.26. The van der Waals surface area contributed by atoms with Crippen LogP contribution in [0.1, 0.15) is 42.3 Å². The maximum absolute atomic E-state index is 5.15. The van der Waals surface area contributed by atoms with Gasteiger partial charge in [0.05, 0.1) is 11.3 Å². The molecule has 4 rings (SSSR count). The van der Waals surface area contributed by atoms with Gasteiger partial charge in [-0.2, -0.15) is 4.98 Å². The molecule has 1 aromatic carbocycles. The zero-order chi connectivity index (χ0) is 18.5. The van der Waals surface area contributed by atoms with Gasteiger partial charge in [-0.3, -0.25) is 0 Å². The van der Waals surface area contributed by atoms with E-state index in [1.54, 1.807) is 19.4 Å². The van der Waals surface area contributed by atoms with Gasteiger partial charge in [0.2, 0.25) is 11.7 Å². The highest BCUT2D eigenvalue weighted by Crippen LogP contribution is 2.31. The van der Waals surface area contributed by atoms with Gasteiger partial charge in [0, 0.05) is 25.6 Å². The molecule has 0 bridgehead atoms. The zero-order valence-electron chi connectivity index (χ0n) is 15.7. The van der Waals surface area contributed by atoms with E-state index in [-0.39, 0.29) is 0 Å². The number of rotatable bonds is 6. The molecule has 0 N–H and O–H groups in total. The fourth-order valence-corrected chi connectivity index (χ4v) is 3.88. The van der Waals surface area contributed by atoms with Crippen LogP contribution in [0.3, 0.4) is 0 Å². The first-order chi connectivity index (χ1) is 13.3. The molecule has 0 aliphatic carbocycles. The van der Waals surface area contributed by atoms with E-state index in [4.69, 9.17) is 4.52 Å². The molecule has 3 heterocycles. The SMILES string of the molecule is Cc1nc(-c2cncnc2[C@H]2CCCN(CCCc3ccccc3)C2)no1. The topological polar surface area (TPSA) is 67.9 Å². The molecule has 0 spiro atoms. The van der Waals surface area contributed by atoms with E-state index in [1.165, 1.54) is 18.4 Å². The summed E-state index contributed by atoms with van der Waals surface area (Å²) in [6.45, 7) is 5.10. The molecule has 2 aromatic heterocycles. The molecule has 1 atom stereocenters. The molecule has 1 aliphatic rings. The van der Waals surface area contributed by atoms with Crippen LogP contribution < -0.4 is 0 Å². The molecule has 140 valence electrons. The second kappa shape index (κ2) is 8.39. The number of hydrogen-bond donors (Lipinski definition) is 0. The summed E-state index contributed by atoms with van der Waals surface area (Å²) in [6.07, 6.45) is 8.06. The molecule has 6 heteroatoms. The lowest BCUT2D eigenvalue weighted by Crippen LogP contribution is -2.35. The number of nitrogens with zero attached hydrogens (tertiary/aromatic N) is 5.